The molecule has 4 heteroatoms. The summed E-state index contributed by atoms with van der Waals surface area (Å²) < 4.78 is 0. The quantitative estimate of drug-likeness (QED) is 0.841. The molecule has 0 heterocycles. The molecule has 0 amide bonds. The number of hydrogen-bond acceptors (Lipinski definition) is 3. The lowest BCUT2D eigenvalue weighted by Crippen LogP contribution is -2.18. The predicted molar refractivity (Wildman–Crippen MR) is 79.8 cm³/mol. The zero-order chi connectivity index (χ0) is 14.4. The lowest BCUT2D eigenvalue weighted by Gasteiger charge is -2.24. The number of benzene rings is 2. The van der Waals surface area contributed by atoms with Crippen LogP contribution in [0.25, 0.3) is 0 Å². The molecule has 0 bridgehead atoms. The number of anilines is 2. The monoisotopic (exact) mass is 281 g/mol. The fourth-order valence-electron chi connectivity index (χ4n) is 1.94. The normalized spacial score (nSPS) is 9.55. The van der Waals surface area contributed by atoms with Gasteiger partial charge in [-0.3, -0.25) is 0 Å². The molecule has 20 heavy (non-hydrogen) atoms. The van der Waals surface area contributed by atoms with Gasteiger partial charge in [-0.05, 0) is 30.3 Å². The minimum atomic E-state index is 0.409. The SMILES string of the molecule is N#CCCN(c1ccccc1)c1ccc(C#N)c(Cl)c1. The van der Waals surface area contributed by atoms with Crippen LogP contribution in [0.4, 0.5) is 11.4 Å². The Bertz CT molecular complexity index is 668. The molecule has 0 aliphatic carbocycles. The third-order valence-electron chi connectivity index (χ3n) is 2.90. The van der Waals surface area contributed by atoms with Crippen molar-refractivity contribution in [1.82, 2.24) is 0 Å². The Morgan fingerprint density at radius 2 is 1.75 bits per heavy atom. The van der Waals surface area contributed by atoms with Crippen LogP contribution in [0.1, 0.15) is 12.0 Å². The number of para-hydroxylation sites is 1. The molecule has 98 valence electrons. The minimum absolute atomic E-state index is 0.409. The standard InChI is InChI=1S/C16H12ClN3/c17-16-11-15(8-7-13(16)12-19)20(10-4-9-18)14-5-2-1-3-6-14/h1-3,5-8,11H,4,10H2. The molecule has 2 aromatic rings. The Hall–Kier alpha value is -2.49. The molecule has 0 saturated heterocycles. The summed E-state index contributed by atoms with van der Waals surface area (Å²) in [7, 11) is 0. The van der Waals surface area contributed by atoms with E-state index in [0.29, 0.717) is 23.6 Å². The van der Waals surface area contributed by atoms with Crippen LogP contribution in [-0.2, 0) is 0 Å². The number of rotatable bonds is 4. The van der Waals surface area contributed by atoms with Gasteiger partial charge in [0.05, 0.1) is 23.1 Å². The second-order valence-electron chi connectivity index (χ2n) is 4.17. The van der Waals surface area contributed by atoms with Crippen LogP contribution in [0.2, 0.25) is 5.02 Å². The summed E-state index contributed by atoms with van der Waals surface area (Å²) in [6.07, 6.45) is 0.409. The molecule has 0 spiro atoms. The van der Waals surface area contributed by atoms with Gasteiger partial charge in [0.1, 0.15) is 6.07 Å². The van der Waals surface area contributed by atoms with Gasteiger partial charge >= 0.3 is 0 Å². The minimum Gasteiger partial charge on any atom is -0.340 e. The van der Waals surface area contributed by atoms with Gasteiger partial charge in [0.15, 0.2) is 0 Å². The summed E-state index contributed by atoms with van der Waals surface area (Å²) in [5.74, 6) is 0. The second-order valence-corrected chi connectivity index (χ2v) is 4.58. The molecule has 0 aliphatic heterocycles. The number of nitriles is 2. The Balaban J connectivity index is 2.40. The number of nitrogens with zero attached hydrogens (tertiary/aromatic N) is 3. The van der Waals surface area contributed by atoms with E-state index in [-0.39, 0.29) is 0 Å². The molecular formula is C16H12ClN3. The Labute approximate surface area is 123 Å². The molecule has 0 aliphatic rings. The largest absolute Gasteiger partial charge is 0.340 e. The van der Waals surface area contributed by atoms with E-state index in [9.17, 15) is 0 Å². The van der Waals surface area contributed by atoms with Crippen molar-refractivity contribution >= 4 is 23.0 Å². The number of halogens is 1. The molecule has 0 fully saturated rings. The first kappa shape index (κ1) is 13.9. The zero-order valence-electron chi connectivity index (χ0n) is 10.8. The van der Waals surface area contributed by atoms with Crippen LogP contribution >= 0.6 is 11.6 Å². The zero-order valence-corrected chi connectivity index (χ0v) is 11.5. The summed E-state index contributed by atoms with van der Waals surface area (Å²) in [6, 6.07) is 19.3. The average molecular weight is 282 g/mol. The predicted octanol–water partition coefficient (Wildman–Crippen LogP) is 4.26. The first-order chi connectivity index (χ1) is 9.76. The Kier molecular flexibility index (Phi) is 4.60. The van der Waals surface area contributed by atoms with E-state index in [2.05, 4.69) is 6.07 Å². The molecule has 3 nitrogen and oxygen atoms in total. The molecule has 2 aromatic carbocycles. The van der Waals surface area contributed by atoms with Crippen LogP contribution in [0.3, 0.4) is 0 Å². The molecular weight excluding hydrogens is 270 g/mol. The molecule has 0 N–H and O–H groups in total. The van der Waals surface area contributed by atoms with Crippen LogP contribution in [-0.4, -0.2) is 6.54 Å². The van der Waals surface area contributed by atoms with E-state index in [4.69, 9.17) is 22.1 Å². The summed E-state index contributed by atoms with van der Waals surface area (Å²) in [5, 5.41) is 18.1. The summed E-state index contributed by atoms with van der Waals surface area (Å²) in [4.78, 5) is 2.01. The molecule has 0 unspecified atom stereocenters. The fraction of sp³-hybridized carbons (Fsp3) is 0.125. The van der Waals surface area contributed by atoms with Gasteiger partial charge in [-0.25, -0.2) is 0 Å². The first-order valence-corrected chi connectivity index (χ1v) is 6.53. The van der Waals surface area contributed by atoms with E-state index in [1.807, 2.05) is 47.4 Å². The van der Waals surface area contributed by atoms with Crippen molar-refractivity contribution in [1.29, 1.82) is 10.5 Å². The molecule has 0 atom stereocenters. The molecule has 2 rings (SSSR count). The topological polar surface area (TPSA) is 50.8 Å². The van der Waals surface area contributed by atoms with Gasteiger partial charge in [0.2, 0.25) is 0 Å². The molecule has 0 radical (unpaired) electrons. The highest BCUT2D eigenvalue weighted by molar-refractivity contribution is 6.32. The van der Waals surface area contributed by atoms with Crippen molar-refractivity contribution in [2.75, 3.05) is 11.4 Å². The van der Waals surface area contributed by atoms with Gasteiger partial charge < -0.3 is 4.90 Å². The van der Waals surface area contributed by atoms with Gasteiger partial charge in [-0.1, -0.05) is 29.8 Å². The fourth-order valence-corrected chi connectivity index (χ4v) is 2.16. The highest BCUT2D eigenvalue weighted by atomic mass is 35.5. The van der Waals surface area contributed by atoms with E-state index >= 15 is 0 Å². The maximum atomic E-state index is 8.92. The van der Waals surface area contributed by atoms with Crippen LogP contribution in [0.15, 0.2) is 48.5 Å². The van der Waals surface area contributed by atoms with Crippen molar-refractivity contribution in [3.8, 4) is 12.1 Å². The van der Waals surface area contributed by atoms with Crippen molar-refractivity contribution in [3.05, 3.63) is 59.1 Å². The van der Waals surface area contributed by atoms with Gasteiger partial charge in [-0.2, -0.15) is 10.5 Å². The van der Waals surface area contributed by atoms with E-state index < -0.39 is 0 Å². The maximum Gasteiger partial charge on any atom is 0.101 e. The van der Waals surface area contributed by atoms with Crippen molar-refractivity contribution in [3.63, 3.8) is 0 Å². The highest BCUT2D eigenvalue weighted by Crippen LogP contribution is 2.29. The maximum absolute atomic E-state index is 8.92. The van der Waals surface area contributed by atoms with Crippen LogP contribution < -0.4 is 4.90 Å². The second kappa shape index (κ2) is 6.61. The van der Waals surface area contributed by atoms with Gasteiger partial charge in [0, 0.05) is 17.9 Å². The third kappa shape index (κ3) is 3.09. The highest BCUT2D eigenvalue weighted by Gasteiger charge is 2.10. The Morgan fingerprint density at radius 3 is 2.35 bits per heavy atom. The Morgan fingerprint density at radius 1 is 1.00 bits per heavy atom. The van der Waals surface area contributed by atoms with Gasteiger partial charge in [-0.15, -0.1) is 0 Å². The van der Waals surface area contributed by atoms with E-state index in [0.717, 1.165) is 11.4 Å². The molecule has 0 aromatic heterocycles. The average Bonchev–Trinajstić information content (AvgIpc) is 2.49. The van der Waals surface area contributed by atoms with Gasteiger partial charge in [0.25, 0.3) is 0 Å². The lowest BCUT2D eigenvalue weighted by molar-refractivity contribution is 0.948. The first-order valence-electron chi connectivity index (χ1n) is 6.15. The summed E-state index contributed by atoms with van der Waals surface area (Å²) in [6.45, 7) is 0.572. The van der Waals surface area contributed by atoms with Crippen molar-refractivity contribution < 1.29 is 0 Å². The summed E-state index contributed by atoms with van der Waals surface area (Å²) >= 11 is 6.08. The summed E-state index contributed by atoms with van der Waals surface area (Å²) in [5.41, 5.74) is 2.31. The number of hydrogen-bond donors (Lipinski definition) is 0. The van der Waals surface area contributed by atoms with E-state index in [1.54, 1.807) is 12.1 Å². The molecule has 0 saturated carbocycles. The third-order valence-corrected chi connectivity index (χ3v) is 3.21. The van der Waals surface area contributed by atoms with Crippen LogP contribution in [0, 0.1) is 22.7 Å². The lowest BCUT2D eigenvalue weighted by atomic mass is 10.2. The van der Waals surface area contributed by atoms with E-state index in [1.165, 1.54) is 0 Å². The van der Waals surface area contributed by atoms with Crippen molar-refractivity contribution in [2.24, 2.45) is 0 Å². The smallest absolute Gasteiger partial charge is 0.101 e. The van der Waals surface area contributed by atoms with Crippen LogP contribution in [0.5, 0.6) is 0 Å². The van der Waals surface area contributed by atoms with Crippen molar-refractivity contribution in [2.45, 2.75) is 6.42 Å².